The summed E-state index contributed by atoms with van der Waals surface area (Å²) in [4.78, 5) is 2.61. The van der Waals surface area contributed by atoms with Crippen LogP contribution in [-0.4, -0.2) is 46.5 Å². The summed E-state index contributed by atoms with van der Waals surface area (Å²) in [5.74, 6) is 0. The summed E-state index contributed by atoms with van der Waals surface area (Å²) < 4.78 is 7.91. The van der Waals surface area contributed by atoms with E-state index < -0.39 is 0 Å². The van der Waals surface area contributed by atoms with Gasteiger partial charge < -0.3 is 4.74 Å². The molecule has 2 heterocycles. The van der Waals surface area contributed by atoms with E-state index in [1.807, 2.05) is 23.1 Å². The van der Waals surface area contributed by atoms with Crippen LogP contribution < -0.4 is 0 Å². The highest BCUT2D eigenvalue weighted by atomic mass is 16.5. The van der Waals surface area contributed by atoms with Crippen LogP contribution in [0.25, 0.3) is 0 Å². The zero-order chi connectivity index (χ0) is 11.5. The van der Waals surface area contributed by atoms with Crippen molar-refractivity contribution in [2.24, 2.45) is 0 Å². The molecule has 0 amide bonds. The highest BCUT2D eigenvalue weighted by molar-refractivity contribution is 4.87. The minimum absolute atomic E-state index is 0.495. The maximum Gasteiger partial charge on any atom is 0.0730 e. The van der Waals surface area contributed by atoms with E-state index in [9.17, 15) is 0 Å². The first-order chi connectivity index (χ1) is 8.43. The minimum Gasteiger partial charge on any atom is -0.375 e. The average Bonchev–Trinajstić information content (AvgIpc) is 2.89. The molecular weight excluding hydrogens is 214 g/mol. The Morgan fingerprint density at radius 1 is 1.24 bits per heavy atom. The number of ether oxygens (including phenoxy) is 1. The zero-order valence-electron chi connectivity index (χ0n) is 10.3. The van der Waals surface area contributed by atoms with E-state index in [4.69, 9.17) is 4.74 Å². The fourth-order valence-electron chi connectivity index (χ4n) is 3.12. The van der Waals surface area contributed by atoms with Crippen molar-refractivity contribution in [3.05, 3.63) is 18.5 Å². The van der Waals surface area contributed by atoms with Crippen LogP contribution in [-0.2, 0) is 11.3 Å². The average molecular weight is 235 g/mol. The minimum atomic E-state index is 0.495. The molecule has 1 aliphatic carbocycles. The van der Waals surface area contributed by atoms with E-state index in [1.54, 1.807) is 0 Å². The molecule has 1 aromatic rings. The summed E-state index contributed by atoms with van der Waals surface area (Å²) in [6, 6.07) is 2.65. The SMILES string of the molecule is c1cnn(CCN2CCOC3CCCCC32)c1. The van der Waals surface area contributed by atoms with Crippen molar-refractivity contribution in [3.63, 3.8) is 0 Å². The van der Waals surface area contributed by atoms with Gasteiger partial charge in [0.25, 0.3) is 0 Å². The molecule has 17 heavy (non-hydrogen) atoms. The normalized spacial score (nSPS) is 30.1. The fourth-order valence-corrected chi connectivity index (χ4v) is 3.12. The van der Waals surface area contributed by atoms with E-state index in [-0.39, 0.29) is 0 Å². The number of fused-ring (bicyclic) bond motifs is 1. The summed E-state index contributed by atoms with van der Waals surface area (Å²) in [5.41, 5.74) is 0. The van der Waals surface area contributed by atoms with Crippen molar-refractivity contribution >= 4 is 0 Å². The van der Waals surface area contributed by atoms with Gasteiger partial charge in [-0.15, -0.1) is 0 Å². The Kier molecular flexibility index (Phi) is 3.43. The molecule has 4 heteroatoms. The Bertz CT molecular complexity index is 336. The van der Waals surface area contributed by atoms with E-state index in [0.29, 0.717) is 12.1 Å². The third-order valence-corrected chi connectivity index (χ3v) is 4.02. The summed E-state index contributed by atoms with van der Waals surface area (Å²) >= 11 is 0. The van der Waals surface area contributed by atoms with E-state index >= 15 is 0 Å². The number of hydrogen-bond acceptors (Lipinski definition) is 3. The summed E-state index contributed by atoms with van der Waals surface area (Å²) in [6.45, 7) is 4.09. The number of aromatic nitrogens is 2. The lowest BCUT2D eigenvalue weighted by Crippen LogP contribution is -2.53. The highest BCUT2D eigenvalue weighted by Gasteiger charge is 2.33. The number of morpholine rings is 1. The van der Waals surface area contributed by atoms with Gasteiger partial charge in [-0.05, 0) is 18.9 Å². The zero-order valence-corrected chi connectivity index (χ0v) is 10.3. The largest absolute Gasteiger partial charge is 0.375 e. The van der Waals surface area contributed by atoms with Crippen molar-refractivity contribution in [3.8, 4) is 0 Å². The number of hydrogen-bond donors (Lipinski definition) is 0. The molecule has 0 spiro atoms. The number of rotatable bonds is 3. The molecule has 1 saturated carbocycles. The Labute approximate surface area is 103 Å². The van der Waals surface area contributed by atoms with Crippen LogP contribution in [0.5, 0.6) is 0 Å². The predicted octanol–water partition coefficient (Wildman–Crippen LogP) is 1.53. The Morgan fingerprint density at radius 2 is 2.18 bits per heavy atom. The first kappa shape index (κ1) is 11.2. The van der Waals surface area contributed by atoms with Crippen molar-refractivity contribution in [1.82, 2.24) is 14.7 Å². The van der Waals surface area contributed by atoms with Crippen LogP contribution >= 0.6 is 0 Å². The van der Waals surface area contributed by atoms with Gasteiger partial charge >= 0.3 is 0 Å². The first-order valence-corrected chi connectivity index (χ1v) is 6.76. The lowest BCUT2D eigenvalue weighted by atomic mass is 9.90. The highest BCUT2D eigenvalue weighted by Crippen LogP contribution is 2.28. The molecule has 2 atom stereocenters. The fraction of sp³-hybridized carbons (Fsp3) is 0.769. The molecule has 0 N–H and O–H groups in total. The van der Waals surface area contributed by atoms with E-state index in [1.165, 1.54) is 25.7 Å². The van der Waals surface area contributed by atoms with Crippen molar-refractivity contribution in [2.75, 3.05) is 19.7 Å². The molecule has 1 saturated heterocycles. The Hall–Kier alpha value is -0.870. The van der Waals surface area contributed by atoms with Crippen LogP contribution in [0.3, 0.4) is 0 Å². The second-order valence-corrected chi connectivity index (χ2v) is 5.07. The third-order valence-electron chi connectivity index (χ3n) is 4.02. The van der Waals surface area contributed by atoms with Crippen LogP contribution in [0.1, 0.15) is 25.7 Å². The maximum atomic E-state index is 5.89. The standard InChI is InChI=1S/C13H21N3O/c1-2-5-13-12(4-1)15(10-11-17-13)8-9-16-7-3-6-14-16/h3,6-7,12-13H,1-2,4-5,8-11H2. The molecule has 1 aliphatic heterocycles. The molecule has 4 nitrogen and oxygen atoms in total. The van der Waals surface area contributed by atoms with Crippen molar-refractivity contribution in [1.29, 1.82) is 0 Å². The second kappa shape index (κ2) is 5.19. The quantitative estimate of drug-likeness (QED) is 0.796. The van der Waals surface area contributed by atoms with Gasteiger partial charge in [0.05, 0.1) is 19.3 Å². The van der Waals surface area contributed by atoms with Gasteiger partial charge in [0.15, 0.2) is 0 Å². The molecule has 2 unspecified atom stereocenters. The number of nitrogens with zero attached hydrogens (tertiary/aromatic N) is 3. The Morgan fingerprint density at radius 3 is 3.06 bits per heavy atom. The molecular formula is C13H21N3O. The van der Waals surface area contributed by atoms with Crippen LogP contribution in [0, 0.1) is 0 Å². The lowest BCUT2D eigenvalue weighted by molar-refractivity contribution is -0.0889. The molecule has 94 valence electrons. The van der Waals surface area contributed by atoms with Crippen LogP contribution in [0.15, 0.2) is 18.5 Å². The molecule has 0 aromatic carbocycles. The van der Waals surface area contributed by atoms with Crippen LogP contribution in [0.2, 0.25) is 0 Å². The Balaban J connectivity index is 1.57. The molecule has 3 rings (SSSR count). The van der Waals surface area contributed by atoms with Crippen molar-refractivity contribution < 1.29 is 4.74 Å². The first-order valence-electron chi connectivity index (χ1n) is 6.76. The summed E-state index contributed by atoms with van der Waals surface area (Å²) in [5, 5.41) is 4.26. The summed E-state index contributed by atoms with van der Waals surface area (Å²) in [7, 11) is 0. The molecule has 0 radical (unpaired) electrons. The van der Waals surface area contributed by atoms with Gasteiger partial charge in [0.1, 0.15) is 0 Å². The maximum absolute atomic E-state index is 5.89. The topological polar surface area (TPSA) is 30.3 Å². The van der Waals surface area contributed by atoms with Gasteiger partial charge in [-0.25, -0.2) is 0 Å². The lowest BCUT2D eigenvalue weighted by Gasteiger charge is -2.43. The second-order valence-electron chi connectivity index (χ2n) is 5.07. The van der Waals surface area contributed by atoms with Crippen LogP contribution in [0.4, 0.5) is 0 Å². The van der Waals surface area contributed by atoms with E-state index in [2.05, 4.69) is 10.00 Å². The predicted molar refractivity (Wildman–Crippen MR) is 65.8 cm³/mol. The molecule has 0 bridgehead atoms. The smallest absolute Gasteiger partial charge is 0.0730 e. The van der Waals surface area contributed by atoms with Gasteiger partial charge in [-0.2, -0.15) is 5.10 Å². The van der Waals surface area contributed by atoms with Gasteiger partial charge in [-0.1, -0.05) is 12.8 Å². The van der Waals surface area contributed by atoms with Gasteiger partial charge in [-0.3, -0.25) is 9.58 Å². The third kappa shape index (κ3) is 2.53. The summed E-state index contributed by atoms with van der Waals surface area (Å²) in [6.07, 6.45) is 9.65. The monoisotopic (exact) mass is 235 g/mol. The van der Waals surface area contributed by atoms with Crippen molar-refractivity contribution in [2.45, 2.75) is 44.4 Å². The molecule has 2 aliphatic rings. The molecule has 1 aromatic heterocycles. The van der Waals surface area contributed by atoms with Gasteiger partial charge in [0, 0.05) is 31.5 Å². The van der Waals surface area contributed by atoms with Gasteiger partial charge in [0.2, 0.25) is 0 Å². The molecule has 2 fully saturated rings. The van der Waals surface area contributed by atoms with E-state index in [0.717, 1.165) is 26.2 Å².